The molecule has 0 N–H and O–H groups in total. The molecule has 0 radical (unpaired) electrons. The van der Waals surface area contributed by atoms with E-state index in [1.165, 1.54) is 12.3 Å². The fourth-order valence-electron chi connectivity index (χ4n) is 2.78. The van der Waals surface area contributed by atoms with E-state index >= 15 is 0 Å². The molecule has 140 valence electrons. The van der Waals surface area contributed by atoms with Gasteiger partial charge in [-0.2, -0.15) is 0 Å². The van der Waals surface area contributed by atoms with Crippen molar-refractivity contribution >= 4 is 58.2 Å². The van der Waals surface area contributed by atoms with Gasteiger partial charge in [0.05, 0.1) is 22.0 Å². The fourth-order valence-corrected chi connectivity index (χ4v) is 4.11. The lowest BCUT2D eigenvalue weighted by molar-refractivity contribution is -0.121. The molecule has 4 rings (SSSR count). The Balaban J connectivity index is 1.57. The summed E-state index contributed by atoms with van der Waals surface area (Å²) in [6, 6.07) is 16.5. The number of ether oxygens (including phenoxy) is 1. The highest BCUT2D eigenvalue weighted by Crippen LogP contribution is 2.47. The number of pyridine rings is 1. The molecule has 28 heavy (non-hydrogen) atoms. The first kappa shape index (κ1) is 18.8. The van der Waals surface area contributed by atoms with E-state index in [1.807, 2.05) is 48.5 Å². The number of para-hydroxylation sites is 2. The van der Waals surface area contributed by atoms with Crippen molar-refractivity contribution in [1.82, 2.24) is 4.98 Å². The van der Waals surface area contributed by atoms with Crippen LogP contribution in [-0.4, -0.2) is 23.5 Å². The van der Waals surface area contributed by atoms with E-state index in [1.54, 1.807) is 16.7 Å². The minimum Gasteiger partial charge on any atom is -0.452 e. The second-order valence-corrected chi connectivity index (χ2v) is 7.69. The minimum atomic E-state index is -0.702. The molecular weight excluding hydrogens is 419 g/mol. The van der Waals surface area contributed by atoms with Crippen LogP contribution in [-0.2, 0) is 9.53 Å². The number of amides is 1. The summed E-state index contributed by atoms with van der Waals surface area (Å²) in [7, 11) is 0. The van der Waals surface area contributed by atoms with Crippen LogP contribution in [0.5, 0.6) is 0 Å². The van der Waals surface area contributed by atoms with Gasteiger partial charge in [-0.05, 0) is 30.3 Å². The summed E-state index contributed by atoms with van der Waals surface area (Å²) in [4.78, 5) is 32.5. The Kier molecular flexibility index (Phi) is 5.26. The smallest absolute Gasteiger partial charge is 0.340 e. The number of carbonyl (C=O) groups is 2. The molecule has 1 amide bonds. The van der Waals surface area contributed by atoms with Gasteiger partial charge in [0.15, 0.2) is 6.61 Å². The van der Waals surface area contributed by atoms with Crippen LogP contribution < -0.4 is 4.90 Å². The summed E-state index contributed by atoms with van der Waals surface area (Å²) in [5, 5.41) is 0.228. The molecule has 0 spiro atoms. The van der Waals surface area contributed by atoms with Gasteiger partial charge in [0.1, 0.15) is 5.15 Å². The Labute approximate surface area is 175 Å². The lowest BCUT2D eigenvalue weighted by Gasteiger charge is -2.30. The molecule has 0 saturated heterocycles. The van der Waals surface area contributed by atoms with E-state index in [4.69, 9.17) is 27.9 Å². The molecule has 1 aromatic heterocycles. The van der Waals surface area contributed by atoms with E-state index in [0.29, 0.717) is 0 Å². The first-order valence-corrected chi connectivity index (χ1v) is 9.79. The molecule has 0 aliphatic carbocycles. The second-order valence-electron chi connectivity index (χ2n) is 5.84. The highest BCUT2D eigenvalue weighted by molar-refractivity contribution is 7.99. The van der Waals surface area contributed by atoms with Crippen molar-refractivity contribution in [3.8, 4) is 0 Å². The van der Waals surface area contributed by atoms with Crippen LogP contribution in [0.25, 0.3) is 0 Å². The van der Waals surface area contributed by atoms with E-state index in [0.717, 1.165) is 21.2 Å². The number of anilines is 2. The Bertz CT molecular complexity index is 1050. The summed E-state index contributed by atoms with van der Waals surface area (Å²) in [5.41, 5.74) is 1.63. The molecule has 2 aromatic carbocycles. The minimum absolute atomic E-state index is 0.0910. The van der Waals surface area contributed by atoms with Gasteiger partial charge in [0.25, 0.3) is 5.91 Å². The van der Waals surface area contributed by atoms with Crippen molar-refractivity contribution in [2.24, 2.45) is 0 Å². The fraction of sp³-hybridized carbons (Fsp3) is 0.0500. The molecular formula is C20H12Cl2N2O3S. The Morgan fingerprint density at radius 2 is 1.61 bits per heavy atom. The van der Waals surface area contributed by atoms with Gasteiger partial charge >= 0.3 is 5.97 Å². The maximum absolute atomic E-state index is 13.0. The first-order valence-electron chi connectivity index (χ1n) is 8.21. The number of aromatic nitrogens is 1. The van der Waals surface area contributed by atoms with Crippen LogP contribution in [0, 0.1) is 0 Å². The van der Waals surface area contributed by atoms with Gasteiger partial charge in [-0.15, -0.1) is 0 Å². The molecule has 8 heteroatoms. The maximum atomic E-state index is 13.0. The highest BCUT2D eigenvalue weighted by atomic mass is 35.5. The third-order valence-electron chi connectivity index (χ3n) is 4.04. The van der Waals surface area contributed by atoms with Crippen LogP contribution in [0.2, 0.25) is 10.2 Å². The molecule has 3 aromatic rings. The lowest BCUT2D eigenvalue weighted by Crippen LogP contribution is -2.32. The zero-order chi connectivity index (χ0) is 19.7. The predicted octanol–water partition coefficient (Wildman–Crippen LogP) is 5.37. The van der Waals surface area contributed by atoms with Crippen LogP contribution in [0.1, 0.15) is 10.4 Å². The van der Waals surface area contributed by atoms with Crippen molar-refractivity contribution < 1.29 is 14.3 Å². The van der Waals surface area contributed by atoms with Crippen molar-refractivity contribution in [1.29, 1.82) is 0 Å². The molecule has 1 aliphatic heterocycles. The summed E-state index contributed by atoms with van der Waals surface area (Å²) in [6.45, 7) is -0.424. The normalized spacial score (nSPS) is 12.1. The third-order valence-corrected chi connectivity index (χ3v) is 5.86. The summed E-state index contributed by atoms with van der Waals surface area (Å²) >= 11 is 13.2. The molecule has 0 unspecified atom stereocenters. The lowest BCUT2D eigenvalue weighted by atomic mass is 10.2. The number of nitrogens with zero attached hydrogens (tertiary/aromatic N) is 2. The van der Waals surface area contributed by atoms with Crippen LogP contribution in [0.4, 0.5) is 11.4 Å². The number of hydrogen-bond acceptors (Lipinski definition) is 5. The zero-order valence-electron chi connectivity index (χ0n) is 14.3. The van der Waals surface area contributed by atoms with Crippen molar-refractivity contribution in [2.45, 2.75) is 9.79 Å². The second kappa shape index (κ2) is 7.83. The number of fused-ring (bicyclic) bond motifs is 2. The quantitative estimate of drug-likeness (QED) is 0.412. The van der Waals surface area contributed by atoms with Crippen LogP contribution in [0.3, 0.4) is 0 Å². The molecule has 2 heterocycles. The standard InChI is InChI=1S/C20H12Cl2N2O3S/c21-13-9-12(10-23-19(13)22)20(26)27-11-18(25)24-14-5-1-3-7-16(14)28-17-8-4-2-6-15(17)24/h1-10H,11H2. The van der Waals surface area contributed by atoms with Gasteiger partial charge in [-0.1, -0.05) is 59.2 Å². The van der Waals surface area contributed by atoms with Gasteiger partial charge in [0, 0.05) is 16.0 Å². The monoisotopic (exact) mass is 430 g/mol. The Morgan fingerprint density at radius 3 is 2.21 bits per heavy atom. The third kappa shape index (κ3) is 3.58. The van der Waals surface area contributed by atoms with Crippen LogP contribution >= 0.6 is 35.0 Å². The van der Waals surface area contributed by atoms with Crippen molar-refractivity contribution in [2.75, 3.05) is 11.5 Å². The van der Waals surface area contributed by atoms with Gasteiger partial charge in [-0.3, -0.25) is 9.69 Å². The largest absolute Gasteiger partial charge is 0.452 e. The number of esters is 1. The van der Waals surface area contributed by atoms with E-state index in [-0.39, 0.29) is 21.6 Å². The predicted molar refractivity (Wildman–Crippen MR) is 109 cm³/mol. The zero-order valence-corrected chi connectivity index (χ0v) is 16.6. The van der Waals surface area contributed by atoms with Gasteiger partial charge < -0.3 is 4.74 Å². The molecule has 1 aliphatic rings. The number of rotatable bonds is 3. The average molecular weight is 431 g/mol. The summed E-state index contributed by atoms with van der Waals surface area (Å²) < 4.78 is 5.19. The van der Waals surface area contributed by atoms with Crippen LogP contribution in [0.15, 0.2) is 70.6 Å². The molecule has 0 atom stereocenters. The van der Waals surface area contributed by atoms with E-state index in [2.05, 4.69) is 4.98 Å². The molecule has 0 saturated carbocycles. The van der Waals surface area contributed by atoms with Crippen molar-refractivity contribution in [3.63, 3.8) is 0 Å². The number of benzene rings is 2. The van der Waals surface area contributed by atoms with Gasteiger partial charge in [-0.25, -0.2) is 9.78 Å². The number of hydrogen-bond donors (Lipinski definition) is 0. The maximum Gasteiger partial charge on any atom is 0.340 e. The molecule has 0 fully saturated rings. The average Bonchev–Trinajstić information content (AvgIpc) is 2.71. The topological polar surface area (TPSA) is 59.5 Å². The summed E-state index contributed by atoms with van der Waals surface area (Å²) in [5.74, 6) is -1.06. The van der Waals surface area contributed by atoms with E-state index in [9.17, 15) is 9.59 Å². The molecule has 0 bridgehead atoms. The number of carbonyl (C=O) groups excluding carboxylic acids is 2. The molecule has 5 nitrogen and oxygen atoms in total. The van der Waals surface area contributed by atoms with Crippen molar-refractivity contribution in [3.05, 3.63) is 76.5 Å². The first-order chi connectivity index (χ1) is 13.5. The highest BCUT2D eigenvalue weighted by Gasteiger charge is 2.28. The van der Waals surface area contributed by atoms with Gasteiger partial charge in [0.2, 0.25) is 0 Å². The summed E-state index contributed by atoms with van der Waals surface area (Å²) in [6.07, 6.45) is 1.25. The van der Waals surface area contributed by atoms with E-state index < -0.39 is 12.6 Å². The SMILES string of the molecule is O=C(OCC(=O)N1c2ccccc2Sc2ccccc21)c1cnc(Cl)c(Cl)c1. The number of halogens is 2. The Hall–Kier alpha value is -2.54. The Morgan fingerprint density at radius 1 is 1.00 bits per heavy atom.